The second-order valence-corrected chi connectivity index (χ2v) is 6.32. The highest BCUT2D eigenvalue weighted by atomic mass is 32.2. The molecule has 0 saturated heterocycles. The molecule has 0 saturated carbocycles. The Morgan fingerprint density at radius 3 is 2.75 bits per heavy atom. The number of imidazole rings is 1. The van der Waals surface area contributed by atoms with Gasteiger partial charge in [0.1, 0.15) is 0 Å². The van der Waals surface area contributed by atoms with E-state index in [-0.39, 0.29) is 0 Å². The number of nitrogens with two attached hydrogens (primary N) is 1. The van der Waals surface area contributed by atoms with Crippen LogP contribution < -0.4 is 5.73 Å². The van der Waals surface area contributed by atoms with Gasteiger partial charge in [-0.05, 0) is 23.8 Å². The Kier molecular flexibility index (Phi) is 5.17. The minimum absolute atomic E-state index is 0.443. The Balaban J connectivity index is 1.93. The molecule has 24 heavy (non-hydrogen) atoms. The molecule has 0 unspecified atom stereocenters. The molecule has 124 valence electrons. The SMILES string of the molecule is COCCn1c(SCc2ccccc2)nc2cc(C(N)=O)ccc21. The lowest BCUT2D eigenvalue weighted by atomic mass is 10.2. The zero-order chi connectivity index (χ0) is 16.9. The number of nitrogens with zero attached hydrogens (tertiary/aromatic N) is 2. The smallest absolute Gasteiger partial charge is 0.248 e. The lowest BCUT2D eigenvalue weighted by molar-refractivity contribution is 0.100. The summed E-state index contributed by atoms with van der Waals surface area (Å²) in [6.45, 7) is 1.31. The van der Waals surface area contributed by atoms with Crippen molar-refractivity contribution < 1.29 is 9.53 Å². The molecule has 1 amide bonds. The van der Waals surface area contributed by atoms with Crippen LogP contribution >= 0.6 is 11.8 Å². The van der Waals surface area contributed by atoms with Crippen molar-refractivity contribution in [1.82, 2.24) is 9.55 Å². The fourth-order valence-corrected chi connectivity index (χ4v) is 3.49. The number of hydrogen-bond acceptors (Lipinski definition) is 4. The van der Waals surface area contributed by atoms with Crippen molar-refractivity contribution >= 4 is 28.7 Å². The number of amides is 1. The normalized spacial score (nSPS) is 11.0. The monoisotopic (exact) mass is 341 g/mol. The molecule has 2 N–H and O–H groups in total. The van der Waals surface area contributed by atoms with Gasteiger partial charge in [-0.15, -0.1) is 0 Å². The molecule has 3 rings (SSSR count). The molecule has 5 nitrogen and oxygen atoms in total. The topological polar surface area (TPSA) is 70.1 Å². The van der Waals surface area contributed by atoms with E-state index < -0.39 is 5.91 Å². The molecule has 0 atom stereocenters. The first kappa shape index (κ1) is 16.5. The van der Waals surface area contributed by atoms with Crippen LogP contribution in [0.4, 0.5) is 0 Å². The van der Waals surface area contributed by atoms with Gasteiger partial charge in [-0.1, -0.05) is 42.1 Å². The van der Waals surface area contributed by atoms with E-state index in [9.17, 15) is 4.79 Å². The first-order valence-corrected chi connectivity index (χ1v) is 8.63. The van der Waals surface area contributed by atoms with Gasteiger partial charge >= 0.3 is 0 Å². The average Bonchev–Trinajstić information content (AvgIpc) is 2.95. The lowest BCUT2D eigenvalue weighted by Crippen LogP contribution is -2.10. The summed E-state index contributed by atoms with van der Waals surface area (Å²) in [5.74, 6) is 0.390. The third kappa shape index (κ3) is 3.60. The Hall–Kier alpha value is -2.31. The zero-order valence-corrected chi connectivity index (χ0v) is 14.3. The first-order valence-electron chi connectivity index (χ1n) is 7.65. The minimum atomic E-state index is -0.443. The number of methoxy groups -OCH3 is 1. The summed E-state index contributed by atoms with van der Waals surface area (Å²) in [6, 6.07) is 15.6. The number of fused-ring (bicyclic) bond motifs is 1. The molecule has 0 bridgehead atoms. The number of hydrogen-bond donors (Lipinski definition) is 1. The number of thioether (sulfide) groups is 1. The maximum Gasteiger partial charge on any atom is 0.248 e. The van der Waals surface area contributed by atoms with E-state index in [4.69, 9.17) is 10.5 Å². The summed E-state index contributed by atoms with van der Waals surface area (Å²) in [4.78, 5) is 16.1. The van der Waals surface area contributed by atoms with E-state index in [1.54, 1.807) is 31.0 Å². The van der Waals surface area contributed by atoms with Gasteiger partial charge in [0.05, 0.1) is 17.6 Å². The third-order valence-corrected chi connectivity index (χ3v) is 4.78. The number of carbonyl (C=O) groups is 1. The maximum atomic E-state index is 11.4. The van der Waals surface area contributed by atoms with E-state index >= 15 is 0 Å². The number of benzene rings is 2. The number of carbonyl (C=O) groups excluding carboxylic acids is 1. The first-order chi connectivity index (χ1) is 11.7. The van der Waals surface area contributed by atoms with Crippen LogP contribution in [0, 0.1) is 0 Å². The summed E-state index contributed by atoms with van der Waals surface area (Å²) in [6.07, 6.45) is 0. The highest BCUT2D eigenvalue weighted by Crippen LogP contribution is 2.27. The van der Waals surface area contributed by atoms with E-state index in [1.807, 2.05) is 24.3 Å². The van der Waals surface area contributed by atoms with Gasteiger partial charge in [-0.2, -0.15) is 0 Å². The van der Waals surface area contributed by atoms with Crippen LogP contribution in [0.25, 0.3) is 11.0 Å². The Bertz CT molecular complexity index is 846. The van der Waals surface area contributed by atoms with E-state index in [0.29, 0.717) is 18.7 Å². The van der Waals surface area contributed by atoms with Crippen molar-refractivity contribution in [2.75, 3.05) is 13.7 Å². The average molecular weight is 341 g/mol. The quantitative estimate of drug-likeness (QED) is 0.671. The van der Waals surface area contributed by atoms with Gasteiger partial charge in [0.15, 0.2) is 5.16 Å². The third-order valence-electron chi connectivity index (χ3n) is 3.73. The molecule has 1 aromatic heterocycles. The summed E-state index contributed by atoms with van der Waals surface area (Å²) < 4.78 is 7.33. The van der Waals surface area contributed by atoms with E-state index in [0.717, 1.165) is 21.9 Å². The summed E-state index contributed by atoms with van der Waals surface area (Å²) in [7, 11) is 1.68. The molecule has 2 aromatic carbocycles. The van der Waals surface area contributed by atoms with E-state index in [1.165, 1.54) is 5.56 Å². The molecular formula is C18H19N3O2S. The van der Waals surface area contributed by atoms with Gasteiger partial charge in [0.25, 0.3) is 0 Å². The zero-order valence-electron chi connectivity index (χ0n) is 13.4. The van der Waals surface area contributed by atoms with Gasteiger partial charge in [-0.3, -0.25) is 4.79 Å². The van der Waals surface area contributed by atoms with Crippen molar-refractivity contribution in [3.8, 4) is 0 Å². The highest BCUT2D eigenvalue weighted by Gasteiger charge is 2.13. The summed E-state index contributed by atoms with van der Waals surface area (Å²) >= 11 is 1.67. The Morgan fingerprint density at radius 1 is 1.25 bits per heavy atom. The van der Waals surface area contributed by atoms with Gasteiger partial charge in [0, 0.05) is 25.0 Å². The summed E-state index contributed by atoms with van der Waals surface area (Å²) in [5, 5.41) is 0.910. The van der Waals surface area contributed by atoms with Gasteiger partial charge in [0.2, 0.25) is 5.91 Å². The van der Waals surface area contributed by atoms with Crippen molar-refractivity contribution in [3.05, 3.63) is 59.7 Å². The molecule has 0 aliphatic heterocycles. The molecule has 0 aliphatic carbocycles. The van der Waals surface area contributed by atoms with Crippen LogP contribution in [0.1, 0.15) is 15.9 Å². The summed E-state index contributed by atoms with van der Waals surface area (Å²) in [5.41, 5.74) is 8.83. The molecule has 0 spiro atoms. The Labute approximate surface area is 144 Å². The van der Waals surface area contributed by atoms with Crippen molar-refractivity contribution in [3.63, 3.8) is 0 Å². The second kappa shape index (κ2) is 7.51. The highest BCUT2D eigenvalue weighted by molar-refractivity contribution is 7.98. The number of rotatable bonds is 7. The van der Waals surface area contributed by atoms with Gasteiger partial charge in [-0.25, -0.2) is 4.98 Å². The van der Waals surface area contributed by atoms with Crippen LogP contribution in [0.5, 0.6) is 0 Å². The van der Waals surface area contributed by atoms with Crippen molar-refractivity contribution in [1.29, 1.82) is 0 Å². The molecule has 0 fully saturated rings. The van der Waals surface area contributed by atoms with Crippen LogP contribution in [0.2, 0.25) is 0 Å². The predicted molar refractivity (Wildman–Crippen MR) is 96.1 cm³/mol. The van der Waals surface area contributed by atoms with Crippen molar-refractivity contribution in [2.24, 2.45) is 5.73 Å². The minimum Gasteiger partial charge on any atom is -0.383 e. The Morgan fingerprint density at radius 2 is 2.04 bits per heavy atom. The molecular weight excluding hydrogens is 322 g/mol. The predicted octanol–water partition coefficient (Wildman–Crippen LogP) is 3.07. The molecule has 0 aliphatic rings. The standard InChI is InChI=1S/C18H19N3O2S/c1-23-10-9-21-16-8-7-14(17(19)22)11-15(16)20-18(21)24-12-13-5-3-2-4-6-13/h2-8,11H,9-10,12H2,1H3,(H2,19,22). The fraction of sp³-hybridized carbons (Fsp3) is 0.222. The largest absolute Gasteiger partial charge is 0.383 e. The van der Waals surface area contributed by atoms with Gasteiger partial charge < -0.3 is 15.0 Å². The number of aromatic nitrogens is 2. The fourth-order valence-electron chi connectivity index (χ4n) is 2.49. The van der Waals surface area contributed by atoms with Crippen LogP contribution in [-0.2, 0) is 17.0 Å². The maximum absolute atomic E-state index is 11.4. The van der Waals surface area contributed by atoms with Crippen molar-refractivity contribution in [2.45, 2.75) is 17.5 Å². The second-order valence-electron chi connectivity index (χ2n) is 5.38. The molecule has 0 radical (unpaired) electrons. The van der Waals surface area contributed by atoms with Crippen LogP contribution in [0.15, 0.2) is 53.7 Å². The molecule has 1 heterocycles. The molecule has 3 aromatic rings. The van der Waals surface area contributed by atoms with E-state index in [2.05, 4.69) is 21.7 Å². The lowest BCUT2D eigenvalue weighted by Gasteiger charge is -2.08. The number of primary amides is 1. The number of ether oxygens (including phenoxy) is 1. The molecule has 6 heteroatoms. The van der Waals surface area contributed by atoms with Crippen LogP contribution in [-0.4, -0.2) is 29.2 Å². The van der Waals surface area contributed by atoms with Crippen LogP contribution in [0.3, 0.4) is 0 Å².